The van der Waals surface area contributed by atoms with Gasteiger partial charge in [0.05, 0.1) is 0 Å². The quantitative estimate of drug-likeness (QED) is 0.840. The molecule has 1 aliphatic carbocycles. The van der Waals surface area contributed by atoms with E-state index in [1.54, 1.807) is 0 Å². The van der Waals surface area contributed by atoms with Crippen molar-refractivity contribution in [3.63, 3.8) is 0 Å². The van der Waals surface area contributed by atoms with E-state index in [1.807, 2.05) is 18.2 Å². The lowest BCUT2D eigenvalue weighted by Gasteiger charge is -2.47. The fourth-order valence-electron chi connectivity index (χ4n) is 2.30. The summed E-state index contributed by atoms with van der Waals surface area (Å²) < 4.78 is 1.03. The highest BCUT2D eigenvalue weighted by Crippen LogP contribution is 2.36. The fourth-order valence-corrected chi connectivity index (χ4v) is 2.84. The van der Waals surface area contributed by atoms with Crippen molar-refractivity contribution in [1.82, 2.24) is 4.90 Å². The van der Waals surface area contributed by atoms with Crippen LogP contribution in [-0.4, -0.2) is 31.1 Å². The van der Waals surface area contributed by atoms with E-state index in [2.05, 4.69) is 40.2 Å². The Labute approximate surface area is 111 Å². The van der Waals surface area contributed by atoms with Crippen LogP contribution in [0.4, 0.5) is 11.4 Å². The summed E-state index contributed by atoms with van der Waals surface area (Å²) in [6, 6.07) is 5.89. The third-order valence-electron chi connectivity index (χ3n) is 3.83. The second kappa shape index (κ2) is 4.86. The van der Waals surface area contributed by atoms with Gasteiger partial charge in [-0.2, -0.15) is 0 Å². The number of benzene rings is 1. The lowest BCUT2D eigenvalue weighted by molar-refractivity contribution is 0.0739. The first-order valence-electron chi connectivity index (χ1n) is 6.00. The van der Waals surface area contributed by atoms with E-state index in [9.17, 15) is 0 Å². The summed E-state index contributed by atoms with van der Waals surface area (Å²) in [7, 11) is 4.33. The molecule has 17 heavy (non-hydrogen) atoms. The summed E-state index contributed by atoms with van der Waals surface area (Å²) in [5.41, 5.74) is 7.97. The van der Waals surface area contributed by atoms with Crippen LogP contribution in [0.5, 0.6) is 0 Å². The SMILES string of the molecule is CN(C)C1(CNc2ccc(N)cc2Br)CCC1. The van der Waals surface area contributed by atoms with Crippen LogP contribution in [0.25, 0.3) is 0 Å². The molecule has 1 fully saturated rings. The average molecular weight is 298 g/mol. The molecule has 1 aliphatic rings. The molecule has 1 aromatic carbocycles. The number of nitrogens with zero attached hydrogens (tertiary/aromatic N) is 1. The molecule has 2 rings (SSSR count). The minimum Gasteiger partial charge on any atom is -0.399 e. The van der Waals surface area contributed by atoms with Gasteiger partial charge >= 0.3 is 0 Å². The van der Waals surface area contributed by atoms with Crippen molar-refractivity contribution in [2.75, 3.05) is 31.7 Å². The molecule has 1 aromatic rings. The zero-order chi connectivity index (χ0) is 12.5. The van der Waals surface area contributed by atoms with Crippen LogP contribution in [0.3, 0.4) is 0 Å². The lowest BCUT2D eigenvalue weighted by Crippen LogP contribution is -2.54. The Morgan fingerprint density at radius 1 is 1.41 bits per heavy atom. The molecular weight excluding hydrogens is 278 g/mol. The highest BCUT2D eigenvalue weighted by molar-refractivity contribution is 9.10. The number of hydrogen-bond donors (Lipinski definition) is 2. The molecular formula is C13H20BrN3. The van der Waals surface area contributed by atoms with E-state index in [-0.39, 0.29) is 0 Å². The Bertz CT molecular complexity index is 400. The summed E-state index contributed by atoms with van der Waals surface area (Å²) in [6.07, 6.45) is 3.89. The normalized spacial score (nSPS) is 17.9. The minimum absolute atomic E-state index is 0.334. The van der Waals surface area contributed by atoms with Gasteiger partial charge in [-0.05, 0) is 67.5 Å². The molecule has 0 aliphatic heterocycles. The lowest BCUT2D eigenvalue weighted by atomic mass is 9.75. The number of nitrogens with one attached hydrogen (secondary N) is 1. The monoisotopic (exact) mass is 297 g/mol. The zero-order valence-electron chi connectivity index (χ0n) is 10.5. The van der Waals surface area contributed by atoms with Crippen molar-refractivity contribution in [3.05, 3.63) is 22.7 Å². The molecule has 4 heteroatoms. The Morgan fingerprint density at radius 2 is 2.12 bits per heavy atom. The molecule has 0 heterocycles. The summed E-state index contributed by atoms with van der Waals surface area (Å²) in [5.74, 6) is 0. The molecule has 94 valence electrons. The third-order valence-corrected chi connectivity index (χ3v) is 4.49. The maximum absolute atomic E-state index is 5.73. The number of rotatable bonds is 4. The van der Waals surface area contributed by atoms with Gasteiger partial charge in [-0.1, -0.05) is 0 Å². The highest BCUT2D eigenvalue weighted by atomic mass is 79.9. The van der Waals surface area contributed by atoms with E-state index in [1.165, 1.54) is 19.3 Å². The molecule has 0 atom stereocenters. The van der Waals surface area contributed by atoms with Gasteiger partial charge in [-0.25, -0.2) is 0 Å². The summed E-state index contributed by atoms with van der Waals surface area (Å²) >= 11 is 3.54. The number of nitrogen functional groups attached to an aromatic ring is 1. The van der Waals surface area contributed by atoms with Crippen molar-refractivity contribution < 1.29 is 0 Å². The number of anilines is 2. The molecule has 3 nitrogen and oxygen atoms in total. The van der Waals surface area contributed by atoms with Crippen LogP contribution in [0.15, 0.2) is 22.7 Å². The van der Waals surface area contributed by atoms with E-state index in [0.29, 0.717) is 5.54 Å². The number of hydrogen-bond acceptors (Lipinski definition) is 3. The first kappa shape index (κ1) is 12.7. The fraction of sp³-hybridized carbons (Fsp3) is 0.538. The Balaban J connectivity index is 2.02. The zero-order valence-corrected chi connectivity index (χ0v) is 12.0. The predicted molar refractivity (Wildman–Crippen MR) is 77.3 cm³/mol. The standard InChI is InChI=1S/C13H20BrN3/c1-17(2)13(6-3-7-13)9-16-12-5-4-10(15)8-11(12)14/h4-5,8,16H,3,6-7,9,15H2,1-2H3. The third kappa shape index (κ3) is 2.58. The van der Waals surface area contributed by atoms with Gasteiger partial charge in [0.1, 0.15) is 0 Å². The molecule has 0 unspecified atom stereocenters. The van der Waals surface area contributed by atoms with Crippen LogP contribution in [0.1, 0.15) is 19.3 Å². The summed E-state index contributed by atoms with van der Waals surface area (Å²) in [5, 5.41) is 3.52. The number of halogens is 1. The molecule has 0 saturated heterocycles. The van der Waals surface area contributed by atoms with Crippen LogP contribution in [0.2, 0.25) is 0 Å². The summed E-state index contributed by atoms with van der Waals surface area (Å²) in [6.45, 7) is 0.989. The molecule has 0 bridgehead atoms. The van der Waals surface area contributed by atoms with Gasteiger partial charge < -0.3 is 16.0 Å². The molecule has 0 aromatic heterocycles. The average Bonchev–Trinajstić information content (AvgIpc) is 2.18. The second-order valence-electron chi connectivity index (χ2n) is 5.07. The van der Waals surface area contributed by atoms with Gasteiger partial charge in [0.25, 0.3) is 0 Å². The Morgan fingerprint density at radius 3 is 2.59 bits per heavy atom. The van der Waals surface area contributed by atoms with Crippen LogP contribution >= 0.6 is 15.9 Å². The minimum atomic E-state index is 0.334. The predicted octanol–water partition coefficient (Wildman–Crippen LogP) is 2.93. The Hall–Kier alpha value is -0.740. The second-order valence-corrected chi connectivity index (χ2v) is 5.92. The molecule has 1 saturated carbocycles. The number of likely N-dealkylation sites (N-methyl/N-ethyl adjacent to an activating group) is 1. The van der Waals surface area contributed by atoms with Crippen molar-refractivity contribution in [1.29, 1.82) is 0 Å². The van der Waals surface area contributed by atoms with Crippen LogP contribution in [-0.2, 0) is 0 Å². The maximum Gasteiger partial charge on any atom is 0.0486 e. The molecule has 0 radical (unpaired) electrons. The van der Waals surface area contributed by atoms with Gasteiger partial charge in [0.2, 0.25) is 0 Å². The molecule has 0 amide bonds. The van der Waals surface area contributed by atoms with E-state index >= 15 is 0 Å². The van der Waals surface area contributed by atoms with Crippen LogP contribution in [0, 0.1) is 0 Å². The van der Waals surface area contributed by atoms with Gasteiger partial charge in [-0.3, -0.25) is 0 Å². The van der Waals surface area contributed by atoms with Gasteiger partial charge in [-0.15, -0.1) is 0 Å². The Kier molecular flexibility index (Phi) is 3.64. The van der Waals surface area contributed by atoms with E-state index in [0.717, 1.165) is 22.4 Å². The van der Waals surface area contributed by atoms with Crippen molar-refractivity contribution in [2.45, 2.75) is 24.8 Å². The topological polar surface area (TPSA) is 41.3 Å². The van der Waals surface area contributed by atoms with Crippen molar-refractivity contribution >= 4 is 27.3 Å². The largest absolute Gasteiger partial charge is 0.399 e. The van der Waals surface area contributed by atoms with Crippen LogP contribution < -0.4 is 11.1 Å². The van der Waals surface area contributed by atoms with E-state index < -0.39 is 0 Å². The smallest absolute Gasteiger partial charge is 0.0486 e. The maximum atomic E-state index is 5.73. The van der Waals surface area contributed by atoms with Crippen molar-refractivity contribution in [3.8, 4) is 0 Å². The van der Waals surface area contributed by atoms with Gasteiger partial charge in [0.15, 0.2) is 0 Å². The van der Waals surface area contributed by atoms with Crippen molar-refractivity contribution in [2.24, 2.45) is 0 Å². The van der Waals surface area contributed by atoms with E-state index in [4.69, 9.17) is 5.73 Å². The first-order valence-corrected chi connectivity index (χ1v) is 6.79. The highest BCUT2D eigenvalue weighted by Gasteiger charge is 2.38. The first-order chi connectivity index (χ1) is 8.03. The number of nitrogens with two attached hydrogens (primary N) is 1. The van der Waals surface area contributed by atoms with Gasteiger partial charge in [0, 0.05) is 27.9 Å². The molecule has 0 spiro atoms. The molecule has 3 N–H and O–H groups in total. The summed E-state index contributed by atoms with van der Waals surface area (Å²) in [4.78, 5) is 2.34.